The molecule has 0 bridgehead atoms. The number of nitrogens with zero attached hydrogens (tertiary/aromatic N) is 5. The van der Waals surface area contributed by atoms with Gasteiger partial charge < -0.3 is 15.2 Å². The molecular weight excluding hydrogens is 414 g/mol. The Labute approximate surface area is 183 Å². The summed E-state index contributed by atoms with van der Waals surface area (Å²) in [5.74, 6) is 0.621. The minimum absolute atomic E-state index is 0.134. The molecule has 9 heteroatoms. The lowest BCUT2D eigenvalue weighted by Crippen LogP contribution is -2.19. The quantitative estimate of drug-likeness (QED) is 0.456. The summed E-state index contributed by atoms with van der Waals surface area (Å²) in [6.45, 7) is 1.93. The zero-order valence-corrected chi connectivity index (χ0v) is 17.6. The largest absolute Gasteiger partial charge is 0.375 e. The van der Waals surface area contributed by atoms with Crippen molar-refractivity contribution in [2.24, 2.45) is 7.05 Å². The minimum Gasteiger partial charge on any atom is -0.375 e. The molecule has 1 aromatic carbocycles. The van der Waals surface area contributed by atoms with Gasteiger partial charge >= 0.3 is 0 Å². The van der Waals surface area contributed by atoms with Gasteiger partial charge in [0.25, 0.3) is 5.56 Å². The van der Waals surface area contributed by atoms with Crippen molar-refractivity contribution in [3.8, 4) is 6.07 Å². The molecule has 8 nitrogen and oxygen atoms in total. The molecule has 3 heterocycles. The number of hydrogen-bond acceptors (Lipinski definition) is 7. The summed E-state index contributed by atoms with van der Waals surface area (Å²) in [5, 5.41) is 16.9. The first-order valence-electron chi connectivity index (χ1n) is 9.47. The van der Waals surface area contributed by atoms with Crippen molar-refractivity contribution < 1.29 is 0 Å². The van der Waals surface area contributed by atoms with Gasteiger partial charge in [-0.15, -0.1) is 0 Å². The maximum absolute atomic E-state index is 12.5. The highest BCUT2D eigenvalue weighted by molar-refractivity contribution is 6.31. The molecule has 0 unspecified atom stereocenters. The highest BCUT2D eigenvalue weighted by Gasteiger charge is 2.14. The fourth-order valence-corrected chi connectivity index (χ4v) is 3.49. The average Bonchev–Trinajstić information content (AvgIpc) is 2.78. The van der Waals surface area contributed by atoms with Crippen molar-refractivity contribution in [2.75, 3.05) is 10.6 Å². The van der Waals surface area contributed by atoms with E-state index in [9.17, 15) is 10.1 Å². The molecule has 1 atom stereocenters. The minimum atomic E-state index is -0.211. The second-order valence-electron chi connectivity index (χ2n) is 6.92. The van der Waals surface area contributed by atoms with Crippen LogP contribution in [0.25, 0.3) is 10.9 Å². The van der Waals surface area contributed by atoms with Crippen molar-refractivity contribution >= 4 is 39.6 Å². The van der Waals surface area contributed by atoms with E-state index in [-0.39, 0.29) is 22.3 Å². The van der Waals surface area contributed by atoms with E-state index >= 15 is 0 Å². The van der Waals surface area contributed by atoms with Crippen molar-refractivity contribution in [2.45, 2.75) is 13.0 Å². The normalized spacial score (nSPS) is 11.7. The second-order valence-corrected chi connectivity index (χ2v) is 7.28. The Bertz CT molecular complexity index is 1360. The van der Waals surface area contributed by atoms with E-state index in [4.69, 9.17) is 11.6 Å². The molecule has 0 amide bonds. The van der Waals surface area contributed by atoms with Crippen LogP contribution in [-0.2, 0) is 7.05 Å². The Balaban J connectivity index is 1.77. The molecule has 0 spiro atoms. The maximum atomic E-state index is 12.5. The van der Waals surface area contributed by atoms with Gasteiger partial charge in [0.15, 0.2) is 0 Å². The monoisotopic (exact) mass is 431 g/mol. The summed E-state index contributed by atoms with van der Waals surface area (Å²) in [7, 11) is 1.72. The first-order chi connectivity index (χ1) is 15.0. The van der Waals surface area contributed by atoms with Gasteiger partial charge in [-0.3, -0.25) is 4.79 Å². The van der Waals surface area contributed by atoms with Crippen molar-refractivity contribution in [3.05, 3.63) is 81.9 Å². The third kappa shape index (κ3) is 4.04. The molecule has 0 fully saturated rings. The molecule has 154 valence electrons. The van der Waals surface area contributed by atoms with Crippen molar-refractivity contribution in [1.82, 2.24) is 19.5 Å². The topological polar surface area (TPSA) is 109 Å². The number of nitriles is 1. The molecule has 0 radical (unpaired) electrons. The maximum Gasteiger partial charge on any atom is 0.252 e. The van der Waals surface area contributed by atoms with Gasteiger partial charge in [-0.05, 0) is 37.3 Å². The van der Waals surface area contributed by atoms with Crippen LogP contribution in [0.4, 0.5) is 17.1 Å². The lowest BCUT2D eigenvalue weighted by molar-refractivity contribution is 0.788. The van der Waals surface area contributed by atoms with Crippen molar-refractivity contribution in [3.63, 3.8) is 0 Å². The van der Waals surface area contributed by atoms with Crippen LogP contribution in [0.5, 0.6) is 0 Å². The van der Waals surface area contributed by atoms with E-state index in [2.05, 4.69) is 31.7 Å². The van der Waals surface area contributed by atoms with Crippen LogP contribution in [0.1, 0.15) is 24.4 Å². The number of fused-ring (bicyclic) bond motifs is 1. The fraction of sp³-hybridized carbons (Fsp3) is 0.136. The Morgan fingerprint density at radius 1 is 1.10 bits per heavy atom. The lowest BCUT2D eigenvalue weighted by Gasteiger charge is -2.18. The highest BCUT2D eigenvalue weighted by Crippen LogP contribution is 2.30. The number of pyridine rings is 2. The molecule has 2 N–H and O–H groups in total. The fourth-order valence-electron chi connectivity index (χ4n) is 3.29. The van der Waals surface area contributed by atoms with Crippen LogP contribution < -0.4 is 16.2 Å². The van der Waals surface area contributed by atoms with E-state index in [0.717, 1.165) is 16.6 Å². The predicted octanol–water partition coefficient (Wildman–Crippen LogP) is 4.17. The van der Waals surface area contributed by atoms with Gasteiger partial charge in [-0.1, -0.05) is 11.6 Å². The first kappa shape index (κ1) is 20.3. The molecule has 0 aliphatic heterocycles. The molecule has 0 saturated carbocycles. The summed E-state index contributed by atoms with van der Waals surface area (Å²) >= 11 is 6.04. The van der Waals surface area contributed by atoms with Gasteiger partial charge in [0, 0.05) is 48.5 Å². The zero-order valence-electron chi connectivity index (χ0n) is 16.8. The lowest BCUT2D eigenvalue weighted by atomic mass is 10.1. The molecule has 4 rings (SSSR count). The molecule has 0 aliphatic rings. The summed E-state index contributed by atoms with van der Waals surface area (Å²) < 4.78 is 1.58. The second kappa shape index (κ2) is 8.42. The van der Waals surface area contributed by atoms with E-state index < -0.39 is 0 Å². The number of aromatic nitrogens is 4. The van der Waals surface area contributed by atoms with Crippen LogP contribution in [0.3, 0.4) is 0 Å². The number of nitrogens with one attached hydrogen (secondary N) is 2. The molecular formula is C22H18ClN7O. The smallest absolute Gasteiger partial charge is 0.252 e. The van der Waals surface area contributed by atoms with E-state index in [1.54, 1.807) is 42.2 Å². The Morgan fingerprint density at radius 3 is 2.61 bits per heavy atom. The molecule has 31 heavy (non-hydrogen) atoms. The van der Waals surface area contributed by atoms with Gasteiger partial charge in [-0.2, -0.15) is 5.26 Å². The van der Waals surface area contributed by atoms with Crippen LogP contribution in [0.2, 0.25) is 5.15 Å². The Kier molecular flexibility index (Phi) is 5.52. The van der Waals surface area contributed by atoms with Gasteiger partial charge in [-0.25, -0.2) is 15.0 Å². The summed E-state index contributed by atoms with van der Waals surface area (Å²) in [4.78, 5) is 25.0. The average molecular weight is 432 g/mol. The van der Waals surface area contributed by atoms with Gasteiger partial charge in [0.2, 0.25) is 0 Å². The Hall–Kier alpha value is -3.96. The third-order valence-corrected chi connectivity index (χ3v) is 5.17. The first-order valence-corrected chi connectivity index (χ1v) is 9.84. The van der Waals surface area contributed by atoms with Crippen LogP contribution in [0.15, 0.2) is 59.8 Å². The van der Waals surface area contributed by atoms with E-state index in [0.29, 0.717) is 17.2 Å². The van der Waals surface area contributed by atoms with E-state index in [1.807, 2.05) is 25.1 Å². The van der Waals surface area contributed by atoms with Gasteiger partial charge in [0.05, 0.1) is 17.2 Å². The van der Waals surface area contributed by atoms with Crippen LogP contribution in [0, 0.1) is 11.3 Å². The summed E-state index contributed by atoms with van der Waals surface area (Å²) in [6, 6.07) is 12.4. The number of hydrogen-bond donors (Lipinski definition) is 2. The van der Waals surface area contributed by atoms with Crippen LogP contribution in [-0.4, -0.2) is 19.5 Å². The number of rotatable bonds is 5. The Morgan fingerprint density at radius 2 is 1.87 bits per heavy atom. The molecule has 3 aromatic heterocycles. The third-order valence-electron chi connectivity index (χ3n) is 4.89. The van der Waals surface area contributed by atoms with Crippen molar-refractivity contribution in [1.29, 1.82) is 5.26 Å². The molecule has 0 aliphatic carbocycles. The van der Waals surface area contributed by atoms with Gasteiger partial charge in [0.1, 0.15) is 22.6 Å². The SMILES string of the molecule is C[C@@H](Nc1cc(=O)n(C)c2ccc(Nc3ccnc(Cl)c3C#N)cc12)c1ncccn1. The predicted molar refractivity (Wildman–Crippen MR) is 121 cm³/mol. The highest BCUT2D eigenvalue weighted by atomic mass is 35.5. The number of anilines is 3. The molecule has 4 aromatic rings. The number of aryl methyl sites for hydroxylation is 1. The van der Waals surface area contributed by atoms with E-state index in [1.165, 1.54) is 6.20 Å². The summed E-state index contributed by atoms with van der Waals surface area (Å²) in [6.07, 6.45) is 4.89. The zero-order chi connectivity index (χ0) is 22.0. The number of halogens is 1. The summed E-state index contributed by atoms with van der Waals surface area (Å²) in [5.41, 5.74) is 2.83. The van der Waals surface area contributed by atoms with Crippen LogP contribution >= 0.6 is 11.6 Å². The standard InChI is InChI=1S/C22H18ClN7O/c1-13(22-26-7-3-8-27-22)28-18-11-20(31)30(2)19-5-4-14(10-15(18)19)29-17-6-9-25-21(23)16(17)12-24/h3-11,13,28H,1-2H3,(H,25,29)/t13-/m1/s1. The molecule has 0 saturated heterocycles. The number of benzene rings is 1.